The van der Waals surface area contributed by atoms with E-state index < -0.39 is 0 Å². The number of carbonyl (C=O) groups excluding carboxylic acids is 1. The molecular formula is C29H22ClN7O2. The molecule has 10 heteroatoms. The SMILES string of the molecule is C=C(C)C(=O)Nc1ccc(-c2[nH]c3c(C#N)cnc(N)c3c2-c2ccc(Oc3nccc(C)n3)cc2)c(Cl)c1. The second-order valence-corrected chi connectivity index (χ2v) is 9.24. The van der Waals surface area contributed by atoms with Gasteiger partial charge in [-0.3, -0.25) is 4.79 Å². The third-order valence-corrected chi connectivity index (χ3v) is 6.30. The van der Waals surface area contributed by atoms with Gasteiger partial charge in [0.25, 0.3) is 5.91 Å². The van der Waals surface area contributed by atoms with E-state index in [1.165, 1.54) is 6.20 Å². The number of pyridine rings is 1. The number of halogens is 1. The summed E-state index contributed by atoms with van der Waals surface area (Å²) in [6.07, 6.45) is 3.06. The van der Waals surface area contributed by atoms with Crippen molar-refractivity contribution in [2.24, 2.45) is 0 Å². The standard InChI is InChI=1S/C29H22ClN7O2/c1-15(2)28(38)36-19-6-9-21(22(30)12-19)26-23(24-25(37-26)18(13-31)14-34-27(24)32)17-4-7-20(8-5-17)39-29-33-11-10-16(3)35-29/h4-12,14,37H,1H2,2-3H3,(H2,32,34)(H,36,38). The zero-order chi connectivity index (χ0) is 27.7. The molecule has 0 bridgehead atoms. The van der Waals surface area contributed by atoms with Crippen molar-refractivity contribution in [1.82, 2.24) is 19.9 Å². The van der Waals surface area contributed by atoms with Crippen LogP contribution in [0, 0.1) is 18.3 Å². The summed E-state index contributed by atoms with van der Waals surface area (Å²) >= 11 is 6.72. The molecule has 4 N–H and O–H groups in total. The normalized spacial score (nSPS) is 10.7. The van der Waals surface area contributed by atoms with Crippen LogP contribution in [0.1, 0.15) is 18.2 Å². The number of H-pyrrole nitrogens is 1. The molecular weight excluding hydrogens is 514 g/mol. The molecule has 0 aliphatic heterocycles. The summed E-state index contributed by atoms with van der Waals surface area (Å²) in [5, 5.41) is 13.5. The molecule has 0 aliphatic rings. The van der Waals surface area contributed by atoms with Crippen LogP contribution in [0.5, 0.6) is 11.8 Å². The average molecular weight is 536 g/mol. The Morgan fingerprint density at radius 1 is 1.18 bits per heavy atom. The first-order valence-corrected chi connectivity index (χ1v) is 12.2. The van der Waals surface area contributed by atoms with Crippen molar-refractivity contribution in [2.45, 2.75) is 13.8 Å². The molecule has 3 aromatic heterocycles. The molecule has 0 radical (unpaired) electrons. The van der Waals surface area contributed by atoms with Gasteiger partial charge >= 0.3 is 6.01 Å². The number of nitrogens with one attached hydrogen (secondary N) is 2. The highest BCUT2D eigenvalue weighted by atomic mass is 35.5. The number of aryl methyl sites for hydroxylation is 1. The topological polar surface area (TPSA) is 143 Å². The van der Waals surface area contributed by atoms with Crippen molar-refractivity contribution in [3.8, 4) is 40.2 Å². The Bertz CT molecular complexity index is 1800. The predicted molar refractivity (Wildman–Crippen MR) is 151 cm³/mol. The van der Waals surface area contributed by atoms with Crippen molar-refractivity contribution in [2.75, 3.05) is 11.1 Å². The molecule has 9 nitrogen and oxygen atoms in total. The van der Waals surface area contributed by atoms with E-state index in [1.54, 1.807) is 49.5 Å². The molecule has 3 heterocycles. The summed E-state index contributed by atoms with van der Waals surface area (Å²) < 4.78 is 5.80. The van der Waals surface area contributed by atoms with E-state index >= 15 is 0 Å². The number of hydrogen-bond donors (Lipinski definition) is 3. The lowest BCUT2D eigenvalue weighted by atomic mass is 9.98. The highest BCUT2D eigenvalue weighted by molar-refractivity contribution is 6.34. The van der Waals surface area contributed by atoms with Crippen molar-refractivity contribution in [3.63, 3.8) is 0 Å². The number of nitrogens with two attached hydrogens (primary N) is 1. The molecule has 0 aliphatic carbocycles. The molecule has 0 atom stereocenters. The fourth-order valence-corrected chi connectivity index (χ4v) is 4.38. The largest absolute Gasteiger partial charge is 0.424 e. The monoisotopic (exact) mass is 535 g/mol. The number of rotatable bonds is 6. The predicted octanol–water partition coefficient (Wildman–Crippen LogP) is 6.41. The number of amides is 1. The fraction of sp³-hybridized carbons (Fsp3) is 0.0690. The Kier molecular flexibility index (Phi) is 6.71. The summed E-state index contributed by atoms with van der Waals surface area (Å²) in [4.78, 5) is 28.1. The van der Waals surface area contributed by atoms with Crippen LogP contribution in [0.4, 0.5) is 11.5 Å². The number of fused-ring (bicyclic) bond motifs is 1. The highest BCUT2D eigenvalue weighted by Crippen LogP contribution is 2.44. The minimum absolute atomic E-state index is 0.244. The molecule has 39 heavy (non-hydrogen) atoms. The Hall–Kier alpha value is -5.20. The second-order valence-electron chi connectivity index (χ2n) is 8.83. The summed E-state index contributed by atoms with van der Waals surface area (Å²) in [6, 6.07) is 16.7. The smallest absolute Gasteiger partial charge is 0.322 e. The minimum Gasteiger partial charge on any atom is -0.424 e. The lowest BCUT2D eigenvalue weighted by molar-refractivity contribution is -0.112. The molecule has 0 fully saturated rings. The summed E-state index contributed by atoms with van der Waals surface area (Å²) in [5.74, 6) is 0.502. The highest BCUT2D eigenvalue weighted by Gasteiger charge is 2.22. The van der Waals surface area contributed by atoms with Crippen LogP contribution >= 0.6 is 11.6 Å². The maximum Gasteiger partial charge on any atom is 0.322 e. The molecule has 5 aromatic rings. The maximum atomic E-state index is 12.1. The van der Waals surface area contributed by atoms with Gasteiger partial charge in [0.05, 0.1) is 27.2 Å². The third kappa shape index (κ3) is 5.01. The van der Waals surface area contributed by atoms with Gasteiger partial charge in [0.15, 0.2) is 0 Å². The number of benzene rings is 2. The third-order valence-electron chi connectivity index (χ3n) is 5.99. The Labute approximate surface area is 229 Å². The molecule has 5 rings (SSSR count). The van der Waals surface area contributed by atoms with Crippen LogP contribution < -0.4 is 15.8 Å². The van der Waals surface area contributed by atoms with Crippen LogP contribution in [0.2, 0.25) is 5.02 Å². The summed E-state index contributed by atoms with van der Waals surface area (Å²) in [7, 11) is 0. The number of ether oxygens (including phenoxy) is 1. The Balaban J connectivity index is 1.63. The van der Waals surface area contributed by atoms with Gasteiger partial charge in [-0.2, -0.15) is 5.26 Å². The van der Waals surface area contributed by atoms with Gasteiger partial charge < -0.3 is 20.8 Å². The first-order valence-electron chi connectivity index (χ1n) is 11.8. The van der Waals surface area contributed by atoms with E-state index in [0.29, 0.717) is 55.3 Å². The quantitative estimate of drug-likeness (QED) is 0.213. The Morgan fingerprint density at radius 2 is 1.95 bits per heavy atom. The number of anilines is 2. The summed E-state index contributed by atoms with van der Waals surface area (Å²) in [5.41, 5.74) is 11.7. The van der Waals surface area contributed by atoms with Crippen molar-refractivity contribution in [3.05, 3.63) is 89.4 Å². The van der Waals surface area contributed by atoms with E-state index in [0.717, 1.165) is 11.3 Å². The van der Waals surface area contributed by atoms with Crippen molar-refractivity contribution < 1.29 is 9.53 Å². The minimum atomic E-state index is -0.305. The van der Waals surface area contributed by atoms with Crippen molar-refractivity contribution >= 4 is 39.9 Å². The zero-order valence-corrected chi connectivity index (χ0v) is 21.8. The fourth-order valence-electron chi connectivity index (χ4n) is 4.10. The first-order chi connectivity index (χ1) is 18.7. The van der Waals surface area contributed by atoms with Gasteiger partial charge in [-0.25, -0.2) is 15.0 Å². The van der Waals surface area contributed by atoms with Crippen LogP contribution in [0.15, 0.2) is 73.1 Å². The van der Waals surface area contributed by atoms with E-state index in [2.05, 4.69) is 37.9 Å². The first kappa shape index (κ1) is 25.4. The zero-order valence-electron chi connectivity index (χ0n) is 21.0. The van der Waals surface area contributed by atoms with E-state index in [1.807, 2.05) is 19.1 Å². The lowest BCUT2D eigenvalue weighted by Gasteiger charge is -2.11. The van der Waals surface area contributed by atoms with Crippen LogP contribution in [0.3, 0.4) is 0 Å². The van der Waals surface area contributed by atoms with Crippen LogP contribution in [-0.2, 0) is 4.79 Å². The molecule has 192 valence electrons. The Morgan fingerprint density at radius 3 is 2.62 bits per heavy atom. The van der Waals surface area contributed by atoms with Gasteiger partial charge in [0, 0.05) is 40.5 Å². The van der Waals surface area contributed by atoms with Gasteiger partial charge in [-0.15, -0.1) is 0 Å². The molecule has 1 amide bonds. The number of carbonyl (C=O) groups is 1. The lowest BCUT2D eigenvalue weighted by Crippen LogP contribution is -2.11. The average Bonchev–Trinajstić information content (AvgIpc) is 3.30. The maximum absolute atomic E-state index is 12.1. The number of nitriles is 1. The number of nitrogens with zero attached hydrogens (tertiary/aromatic N) is 4. The number of aromatic amines is 1. The molecule has 0 saturated carbocycles. The number of hydrogen-bond acceptors (Lipinski definition) is 7. The van der Waals surface area contributed by atoms with Crippen LogP contribution in [0.25, 0.3) is 33.3 Å². The van der Waals surface area contributed by atoms with E-state index in [4.69, 9.17) is 22.1 Å². The van der Waals surface area contributed by atoms with Crippen LogP contribution in [-0.4, -0.2) is 25.8 Å². The van der Waals surface area contributed by atoms with Gasteiger partial charge in [0.2, 0.25) is 0 Å². The van der Waals surface area contributed by atoms with E-state index in [9.17, 15) is 10.1 Å². The second kappa shape index (κ2) is 10.3. The van der Waals surface area contributed by atoms with E-state index in [-0.39, 0.29) is 17.7 Å². The molecule has 0 unspecified atom stereocenters. The molecule has 0 spiro atoms. The number of aromatic nitrogens is 4. The number of nitrogen functional groups attached to an aromatic ring is 1. The summed E-state index contributed by atoms with van der Waals surface area (Å²) in [6.45, 7) is 7.14. The van der Waals surface area contributed by atoms with Gasteiger partial charge in [-0.1, -0.05) is 30.3 Å². The molecule has 0 saturated heterocycles. The van der Waals surface area contributed by atoms with Gasteiger partial charge in [0.1, 0.15) is 17.6 Å². The van der Waals surface area contributed by atoms with Gasteiger partial charge in [-0.05, 0) is 55.8 Å². The molecule has 2 aromatic carbocycles. The van der Waals surface area contributed by atoms with Crippen molar-refractivity contribution in [1.29, 1.82) is 5.26 Å².